The molecule has 0 radical (unpaired) electrons. The number of ether oxygens (including phenoxy) is 1. The summed E-state index contributed by atoms with van der Waals surface area (Å²) in [4.78, 5) is 11.1. The molecule has 0 spiro atoms. The number of rotatable bonds is 3. The van der Waals surface area contributed by atoms with Crippen molar-refractivity contribution < 1.29 is 14.6 Å². The van der Waals surface area contributed by atoms with Crippen LogP contribution in [0.25, 0.3) is 0 Å². The first kappa shape index (κ1) is 12.1. The maximum atomic E-state index is 11.1. The van der Waals surface area contributed by atoms with Gasteiger partial charge in [0.1, 0.15) is 5.78 Å². The molecule has 2 fully saturated rings. The van der Waals surface area contributed by atoms with Gasteiger partial charge in [-0.3, -0.25) is 0 Å². The molecular weight excluding hydrogens is 204 g/mol. The largest absolute Gasteiger partial charge is 0.393 e. The summed E-state index contributed by atoms with van der Waals surface area (Å²) in [6.07, 6.45) is 2.81. The zero-order valence-electron chi connectivity index (χ0n) is 10.5. The van der Waals surface area contributed by atoms with Gasteiger partial charge in [0.05, 0.1) is 18.3 Å². The van der Waals surface area contributed by atoms with Gasteiger partial charge in [0.25, 0.3) is 0 Å². The Hall–Kier alpha value is -0.410. The van der Waals surface area contributed by atoms with Crippen LogP contribution in [0.2, 0.25) is 0 Å². The van der Waals surface area contributed by atoms with Crippen molar-refractivity contribution in [2.45, 2.75) is 58.2 Å². The molecule has 92 valence electrons. The molecule has 0 aromatic rings. The van der Waals surface area contributed by atoms with Gasteiger partial charge in [-0.05, 0) is 38.0 Å². The molecule has 3 heteroatoms. The zero-order chi connectivity index (χ0) is 12.0. The predicted molar refractivity (Wildman–Crippen MR) is 61.1 cm³/mol. The van der Waals surface area contributed by atoms with E-state index in [-0.39, 0.29) is 22.9 Å². The van der Waals surface area contributed by atoms with Crippen molar-refractivity contribution in [2.75, 3.05) is 6.61 Å². The normalized spacial score (nSPS) is 47.0. The van der Waals surface area contributed by atoms with Crippen LogP contribution in [0.5, 0.6) is 0 Å². The van der Waals surface area contributed by atoms with Gasteiger partial charge >= 0.3 is 0 Å². The number of carbonyl (C=O) groups excluding carboxylic acids is 1. The molecule has 1 heterocycles. The lowest BCUT2D eigenvalue weighted by Crippen LogP contribution is -2.46. The summed E-state index contributed by atoms with van der Waals surface area (Å²) in [5.41, 5.74) is -0.163. The van der Waals surface area contributed by atoms with E-state index in [1.807, 2.05) is 0 Å². The van der Waals surface area contributed by atoms with Crippen LogP contribution < -0.4 is 0 Å². The van der Waals surface area contributed by atoms with E-state index in [0.29, 0.717) is 18.8 Å². The van der Waals surface area contributed by atoms with E-state index in [1.54, 1.807) is 6.92 Å². The minimum atomic E-state index is -0.244. The van der Waals surface area contributed by atoms with E-state index in [0.717, 1.165) is 19.4 Å². The van der Waals surface area contributed by atoms with Crippen LogP contribution in [0, 0.1) is 11.3 Å². The van der Waals surface area contributed by atoms with Gasteiger partial charge < -0.3 is 14.6 Å². The molecule has 16 heavy (non-hydrogen) atoms. The molecule has 1 aliphatic carbocycles. The van der Waals surface area contributed by atoms with Gasteiger partial charge in [0.2, 0.25) is 0 Å². The van der Waals surface area contributed by atoms with Crippen LogP contribution in [-0.2, 0) is 9.53 Å². The van der Waals surface area contributed by atoms with Crippen LogP contribution in [0.3, 0.4) is 0 Å². The van der Waals surface area contributed by atoms with Gasteiger partial charge in [-0.15, -0.1) is 0 Å². The fraction of sp³-hybridized carbons (Fsp3) is 0.923. The Bertz CT molecular complexity index is 282. The highest BCUT2D eigenvalue weighted by atomic mass is 16.5. The Morgan fingerprint density at radius 1 is 1.44 bits per heavy atom. The topological polar surface area (TPSA) is 46.5 Å². The van der Waals surface area contributed by atoms with Gasteiger partial charge in [-0.2, -0.15) is 0 Å². The van der Waals surface area contributed by atoms with Crippen molar-refractivity contribution in [1.29, 1.82) is 0 Å². The second-order valence-corrected chi connectivity index (χ2v) is 6.11. The number of hydrogen-bond donors (Lipinski definition) is 1. The third kappa shape index (κ3) is 1.91. The molecule has 0 amide bonds. The summed E-state index contributed by atoms with van der Waals surface area (Å²) in [6, 6.07) is 0. The summed E-state index contributed by atoms with van der Waals surface area (Å²) in [7, 11) is 0. The van der Waals surface area contributed by atoms with Gasteiger partial charge in [0.15, 0.2) is 0 Å². The molecule has 1 aliphatic heterocycles. The minimum Gasteiger partial charge on any atom is -0.393 e. The monoisotopic (exact) mass is 226 g/mol. The highest BCUT2D eigenvalue weighted by Gasteiger charge is 2.57. The quantitative estimate of drug-likeness (QED) is 0.799. The predicted octanol–water partition coefficient (Wildman–Crippen LogP) is 1.92. The number of ketones is 1. The zero-order valence-corrected chi connectivity index (χ0v) is 10.5. The van der Waals surface area contributed by atoms with Gasteiger partial charge in [-0.1, -0.05) is 6.92 Å². The van der Waals surface area contributed by atoms with Crippen molar-refractivity contribution in [1.82, 2.24) is 0 Å². The lowest BCUT2D eigenvalue weighted by Gasteiger charge is -2.44. The van der Waals surface area contributed by atoms with Crippen molar-refractivity contribution in [2.24, 2.45) is 11.3 Å². The molecular formula is C13H22O3. The maximum absolute atomic E-state index is 11.1. The first-order chi connectivity index (χ1) is 7.36. The lowest BCUT2D eigenvalue weighted by atomic mass is 9.61. The third-order valence-electron chi connectivity index (χ3n) is 4.44. The Balaban J connectivity index is 2.14. The van der Waals surface area contributed by atoms with Gasteiger partial charge in [0, 0.05) is 12.8 Å². The Morgan fingerprint density at radius 2 is 2.12 bits per heavy atom. The number of carbonyl (C=O) groups is 1. The molecule has 1 N–H and O–H groups in total. The summed E-state index contributed by atoms with van der Waals surface area (Å²) in [6.45, 7) is 6.64. The van der Waals surface area contributed by atoms with E-state index >= 15 is 0 Å². The molecule has 2 rings (SSSR count). The highest BCUT2D eigenvalue weighted by molar-refractivity contribution is 5.75. The van der Waals surface area contributed by atoms with E-state index in [2.05, 4.69) is 13.8 Å². The van der Waals surface area contributed by atoms with Crippen molar-refractivity contribution in [3.63, 3.8) is 0 Å². The van der Waals surface area contributed by atoms with Crippen LogP contribution in [0.15, 0.2) is 0 Å². The van der Waals surface area contributed by atoms with Gasteiger partial charge in [-0.25, -0.2) is 0 Å². The Kier molecular flexibility index (Phi) is 2.87. The molecule has 4 atom stereocenters. The number of aliphatic hydroxyl groups is 1. The summed E-state index contributed by atoms with van der Waals surface area (Å²) in [5.74, 6) is 0.657. The summed E-state index contributed by atoms with van der Waals surface area (Å²) >= 11 is 0. The van der Waals surface area contributed by atoms with E-state index in [1.165, 1.54) is 0 Å². The molecule has 3 nitrogen and oxygen atoms in total. The average molecular weight is 226 g/mol. The molecule has 2 aliphatic rings. The van der Waals surface area contributed by atoms with Crippen LogP contribution in [0.4, 0.5) is 0 Å². The van der Waals surface area contributed by atoms with Crippen molar-refractivity contribution in [3.8, 4) is 0 Å². The second-order valence-electron chi connectivity index (χ2n) is 6.11. The lowest BCUT2D eigenvalue weighted by molar-refractivity contribution is -0.118. The van der Waals surface area contributed by atoms with E-state index in [4.69, 9.17) is 4.74 Å². The molecule has 1 saturated heterocycles. The average Bonchev–Trinajstić information content (AvgIpc) is 2.27. The van der Waals surface area contributed by atoms with Crippen LogP contribution >= 0.6 is 0 Å². The fourth-order valence-electron chi connectivity index (χ4n) is 3.75. The van der Waals surface area contributed by atoms with Crippen molar-refractivity contribution in [3.05, 3.63) is 0 Å². The molecule has 2 bridgehead atoms. The van der Waals surface area contributed by atoms with Crippen LogP contribution in [0.1, 0.15) is 46.5 Å². The Labute approximate surface area is 97.2 Å². The summed E-state index contributed by atoms with van der Waals surface area (Å²) < 4.78 is 5.91. The molecule has 0 aromatic carbocycles. The number of aliphatic hydroxyl groups excluding tert-OH is 1. The number of hydrogen-bond acceptors (Lipinski definition) is 3. The highest BCUT2D eigenvalue weighted by Crippen LogP contribution is 2.55. The SMILES string of the molecule is CC(=O)CC[C@@H]1[C@@]2(C)CO[C@]1(C)C[C@@H](O)C2. The summed E-state index contributed by atoms with van der Waals surface area (Å²) in [5, 5.41) is 9.87. The molecule has 0 unspecified atom stereocenters. The molecule has 1 saturated carbocycles. The first-order valence-electron chi connectivity index (χ1n) is 6.17. The fourth-order valence-corrected chi connectivity index (χ4v) is 3.75. The van der Waals surface area contributed by atoms with E-state index < -0.39 is 0 Å². The smallest absolute Gasteiger partial charge is 0.129 e. The second kappa shape index (κ2) is 3.81. The number of Topliss-reactive ketones (excluding diaryl/α,β-unsaturated/α-hetero) is 1. The molecule has 0 aromatic heterocycles. The third-order valence-corrected chi connectivity index (χ3v) is 4.44. The Morgan fingerprint density at radius 3 is 2.69 bits per heavy atom. The minimum absolute atomic E-state index is 0.0574. The van der Waals surface area contributed by atoms with Crippen LogP contribution in [-0.4, -0.2) is 29.2 Å². The maximum Gasteiger partial charge on any atom is 0.129 e. The first-order valence-corrected chi connectivity index (χ1v) is 6.17. The number of fused-ring (bicyclic) bond motifs is 2. The van der Waals surface area contributed by atoms with Crippen molar-refractivity contribution >= 4 is 5.78 Å². The standard InChI is InChI=1S/C13H22O3/c1-9(14)4-5-11-12(2)6-10(15)7-13(11,3)16-8-12/h10-11,15H,4-8H2,1-3H3/t10-,11+,12+,13+/m0/s1. The van der Waals surface area contributed by atoms with E-state index in [9.17, 15) is 9.90 Å².